The van der Waals surface area contributed by atoms with Gasteiger partial charge in [-0.1, -0.05) is 17.4 Å². The summed E-state index contributed by atoms with van der Waals surface area (Å²) in [4.78, 5) is 18.4. The van der Waals surface area contributed by atoms with Gasteiger partial charge >= 0.3 is 0 Å². The normalized spacial score (nSPS) is 17.8. The lowest BCUT2D eigenvalue weighted by Crippen LogP contribution is -2.42. The Morgan fingerprint density at radius 3 is 2.69 bits per heavy atom. The summed E-state index contributed by atoms with van der Waals surface area (Å²) in [7, 11) is -3.82. The number of carbonyl (C=O) groups excluding carboxylic acids is 1. The van der Waals surface area contributed by atoms with Gasteiger partial charge in [-0.3, -0.25) is 4.79 Å². The number of aryl methyl sites for hydroxylation is 2. The molecule has 0 spiro atoms. The Labute approximate surface area is 208 Å². The van der Waals surface area contributed by atoms with Crippen LogP contribution in [-0.4, -0.2) is 49.5 Å². The topological polar surface area (TPSA) is 81.0 Å². The van der Waals surface area contributed by atoms with E-state index in [1.54, 1.807) is 0 Å². The number of benzene rings is 2. The van der Waals surface area contributed by atoms with Crippen molar-refractivity contribution in [1.29, 1.82) is 0 Å². The van der Waals surface area contributed by atoms with Crippen molar-refractivity contribution in [2.45, 2.75) is 45.1 Å². The predicted molar refractivity (Wildman–Crippen MR) is 134 cm³/mol. The first kappa shape index (κ1) is 25.7. The van der Waals surface area contributed by atoms with E-state index in [-0.39, 0.29) is 17.3 Å². The molecule has 0 saturated carbocycles. The highest BCUT2D eigenvalue weighted by Crippen LogP contribution is 2.26. The minimum atomic E-state index is -3.82. The standard InChI is InChI=1S/C25H30FN3O4S2/c1-4-33-13-12-29-22-15-17(2)14-18(3)23(22)34-25(29)27-24(30)19-6-5-11-28(16-19)35(31,32)21-9-7-20(26)8-10-21/h7-10,14-15,19H,4-6,11-13,16H2,1-3H3. The number of hydrogen-bond acceptors (Lipinski definition) is 5. The molecular formula is C25H30FN3O4S2. The molecular weight excluding hydrogens is 489 g/mol. The molecule has 10 heteroatoms. The maximum atomic E-state index is 13.3. The van der Waals surface area contributed by atoms with Crippen molar-refractivity contribution in [2.75, 3.05) is 26.3 Å². The van der Waals surface area contributed by atoms with E-state index in [4.69, 9.17) is 4.74 Å². The van der Waals surface area contributed by atoms with Crippen LogP contribution in [-0.2, 0) is 26.1 Å². The monoisotopic (exact) mass is 519 g/mol. The van der Waals surface area contributed by atoms with E-state index >= 15 is 0 Å². The number of thiazole rings is 1. The van der Waals surface area contributed by atoms with E-state index in [0.29, 0.717) is 43.9 Å². The Bertz CT molecular complexity index is 1390. The second-order valence-corrected chi connectivity index (χ2v) is 11.7. The van der Waals surface area contributed by atoms with Crippen molar-refractivity contribution in [2.24, 2.45) is 10.9 Å². The lowest BCUT2D eigenvalue weighted by Gasteiger charge is -2.30. The van der Waals surface area contributed by atoms with Gasteiger partial charge in [0.15, 0.2) is 4.80 Å². The van der Waals surface area contributed by atoms with Crippen molar-refractivity contribution < 1.29 is 22.3 Å². The molecule has 0 aliphatic carbocycles. The van der Waals surface area contributed by atoms with Crippen molar-refractivity contribution in [3.63, 3.8) is 0 Å². The number of ether oxygens (including phenoxy) is 1. The second kappa shape index (κ2) is 10.7. The number of hydrogen-bond donors (Lipinski definition) is 0. The van der Waals surface area contributed by atoms with Crippen LogP contribution < -0.4 is 4.80 Å². The number of rotatable bonds is 7. The average molecular weight is 520 g/mol. The molecule has 35 heavy (non-hydrogen) atoms. The number of amides is 1. The summed E-state index contributed by atoms with van der Waals surface area (Å²) in [5, 5.41) is 0. The summed E-state index contributed by atoms with van der Waals surface area (Å²) >= 11 is 1.47. The first-order chi connectivity index (χ1) is 16.7. The molecule has 1 aliphatic rings. The number of halogens is 1. The van der Waals surface area contributed by atoms with Crippen LogP contribution in [0.1, 0.15) is 30.9 Å². The maximum Gasteiger partial charge on any atom is 0.252 e. The number of piperidine rings is 1. The van der Waals surface area contributed by atoms with Crippen molar-refractivity contribution in [3.8, 4) is 0 Å². The molecule has 1 fully saturated rings. The molecule has 1 aromatic heterocycles. The van der Waals surface area contributed by atoms with Gasteiger partial charge in [-0.05, 0) is 75.1 Å². The third-order valence-electron chi connectivity index (χ3n) is 6.17. The fourth-order valence-electron chi connectivity index (χ4n) is 4.42. The molecule has 1 aliphatic heterocycles. The second-order valence-electron chi connectivity index (χ2n) is 8.77. The van der Waals surface area contributed by atoms with Crippen LogP contribution in [0, 0.1) is 25.6 Å². The number of sulfonamides is 1. The van der Waals surface area contributed by atoms with Crippen LogP contribution in [0.25, 0.3) is 10.2 Å². The predicted octanol–water partition coefficient (Wildman–Crippen LogP) is 4.02. The summed E-state index contributed by atoms with van der Waals surface area (Å²) in [6, 6.07) is 8.96. The number of aromatic nitrogens is 1. The fourth-order valence-corrected chi connectivity index (χ4v) is 7.05. The van der Waals surface area contributed by atoms with E-state index in [0.717, 1.165) is 33.5 Å². The van der Waals surface area contributed by atoms with Gasteiger partial charge in [-0.2, -0.15) is 9.30 Å². The lowest BCUT2D eigenvalue weighted by atomic mass is 9.99. The molecule has 3 aromatic rings. The largest absolute Gasteiger partial charge is 0.380 e. The zero-order valence-corrected chi connectivity index (χ0v) is 21.8. The van der Waals surface area contributed by atoms with E-state index in [2.05, 4.69) is 17.1 Å². The van der Waals surface area contributed by atoms with Gasteiger partial charge in [-0.25, -0.2) is 12.8 Å². The Morgan fingerprint density at radius 2 is 1.97 bits per heavy atom. The summed E-state index contributed by atoms with van der Waals surface area (Å²) in [6.45, 7) is 8.08. The minimum Gasteiger partial charge on any atom is -0.380 e. The Hall–Kier alpha value is -2.40. The van der Waals surface area contributed by atoms with Gasteiger partial charge in [-0.15, -0.1) is 0 Å². The van der Waals surface area contributed by atoms with Gasteiger partial charge in [0.1, 0.15) is 5.82 Å². The molecule has 1 unspecified atom stereocenters. The third kappa shape index (κ3) is 5.55. The van der Waals surface area contributed by atoms with Crippen LogP contribution in [0.15, 0.2) is 46.3 Å². The number of carbonyl (C=O) groups is 1. The Balaban J connectivity index is 1.64. The van der Waals surface area contributed by atoms with Crippen LogP contribution in [0.5, 0.6) is 0 Å². The van der Waals surface area contributed by atoms with E-state index < -0.39 is 21.8 Å². The maximum absolute atomic E-state index is 13.3. The highest BCUT2D eigenvalue weighted by atomic mass is 32.2. The molecule has 188 valence electrons. The molecule has 1 atom stereocenters. The van der Waals surface area contributed by atoms with Gasteiger partial charge in [0.2, 0.25) is 10.0 Å². The first-order valence-electron chi connectivity index (χ1n) is 11.7. The molecule has 4 rings (SSSR count). The molecule has 0 bridgehead atoms. The molecule has 2 aromatic carbocycles. The molecule has 1 amide bonds. The zero-order chi connectivity index (χ0) is 25.2. The molecule has 2 heterocycles. The van der Waals surface area contributed by atoms with E-state index in [1.165, 1.54) is 27.8 Å². The smallest absolute Gasteiger partial charge is 0.252 e. The van der Waals surface area contributed by atoms with Gasteiger partial charge in [0.05, 0.1) is 27.6 Å². The molecule has 0 radical (unpaired) electrons. The van der Waals surface area contributed by atoms with Crippen LogP contribution in [0.3, 0.4) is 0 Å². The summed E-state index contributed by atoms with van der Waals surface area (Å²) in [6.07, 6.45) is 1.13. The van der Waals surface area contributed by atoms with Crippen LogP contribution in [0.2, 0.25) is 0 Å². The highest BCUT2D eigenvalue weighted by molar-refractivity contribution is 7.89. The fraction of sp³-hybridized carbons (Fsp3) is 0.440. The van der Waals surface area contributed by atoms with Gasteiger partial charge in [0, 0.05) is 26.2 Å². The average Bonchev–Trinajstić information content (AvgIpc) is 3.17. The molecule has 0 N–H and O–H groups in total. The highest BCUT2D eigenvalue weighted by Gasteiger charge is 2.33. The Kier molecular flexibility index (Phi) is 7.85. The third-order valence-corrected chi connectivity index (χ3v) is 9.28. The van der Waals surface area contributed by atoms with E-state index in [9.17, 15) is 17.6 Å². The summed E-state index contributed by atoms with van der Waals surface area (Å²) in [5.41, 5.74) is 3.27. The van der Waals surface area contributed by atoms with Crippen LogP contribution in [0.4, 0.5) is 4.39 Å². The Morgan fingerprint density at radius 1 is 1.23 bits per heavy atom. The molecule has 7 nitrogen and oxygen atoms in total. The van der Waals surface area contributed by atoms with Crippen molar-refractivity contribution in [3.05, 3.63) is 58.1 Å². The van der Waals surface area contributed by atoms with Gasteiger partial charge < -0.3 is 9.30 Å². The lowest BCUT2D eigenvalue weighted by molar-refractivity contribution is -0.122. The number of fused-ring (bicyclic) bond motifs is 1. The summed E-state index contributed by atoms with van der Waals surface area (Å²) in [5.74, 6) is -1.36. The van der Waals surface area contributed by atoms with Crippen molar-refractivity contribution >= 4 is 37.5 Å². The summed E-state index contributed by atoms with van der Waals surface area (Å²) < 4.78 is 49.3. The van der Waals surface area contributed by atoms with E-state index in [1.807, 2.05) is 25.3 Å². The molecule has 1 saturated heterocycles. The zero-order valence-electron chi connectivity index (χ0n) is 20.2. The van der Waals surface area contributed by atoms with Gasteiger partial charge in [0.25, 0.3) is 5.91 Å². The minimum absolute atomic E-state index is 0.0213. The van der Waals surface area contributed by atoms with Crippen molar-refractivity contribution in [1.82, 2.24) is 8.87 Å². The SMILES string of the molecule is CCOCCn1c(=NC(=O)C2CCCN(S(=O)(=O)c3ccc(F)cc3)C2)sc2c(C)cc(C)cc21. The van der Waals surface area contributed by atoms with Crippen LogP contribution >= 0.6 is 11.3 Å². The quantitative estimate of drug-likeness (QED) is 0.442. The first-order valence-corrected chi connectivity index (χ1v) is 14.0. The number of nitrogens with zero attached hydrogens (tertiary/aromatic N) is 3.